The van der Waals surface area contributed by atoms with Crippen LogP contribution in [0, 0.1) is 5.92 Å². The van der Waals surface area contributed by atoms with Gasteiger partial charge in [-0.25, -0.2) is 4.90 Å². The molecule has 2 amide bonds. The number of amides is 2. The molecule has 2 fully saturated rings. The van der Waals surface area contributed by atoms with Crippen LogP contribution in [0.3, 0.4) is 0 Å². The molecular formula is C34H25NO3. The second-order valence-electron chi connectivity index (χ2n) is 10.7. The molecule has 4 aliphatic rings. The highest BCUT2D eigenvalue weighted by Crippen LogP contribution is 2.74. The highest BCUT2D eigenvalue weighted by molar-refractivity contribution is 6.22. The van der Waals surface area contributed by atoms with Gasteiger partial charge in [-0.15, -0.1) is 0 Å². The van der Waals surface area contributed by atoms with E-state index in [1.54, 1.807) is 0 Å². The zero-order valence-corrected chi connectivity index (χ0v) is 20.9. The van der Waals surface area contributed by atoms with E-state index in [4.69, 9.17) is 4.74 Å². The third-order valence-corrected chi connectivity index (χ3v) is 8.96. The molecular weight excluding hydrogens is 470 g/mol. The first-order chi connectivity index (χ1) is 18.6. The van der Waals surface area contributed by atoms with Crippen LogP contribution in [0.2, 0.25) is 0 Å². The van der Waals surface area contributed by atoms with Gasteiger partial charge in [-0.3, -0.25) is 9.59 Å². The molecule has 184 valence electrons. The van der Waals surface area contributed by atoms with Crippen LogP contribution < -0.4 is 4.90 Å². The summed E-state index contributed by atoms with van der Waals surface area (Å²) >= 11 is 0. The summed E-state index contributed by atoms with van der Waals surface area (Å²) < 4.78 is 6.80. The van der Waals surface area contributed by atoms with Crippen molar-refractivity contribution in [3.05, 3.63) is 143 Å². The maximum Gasteiger partial charge on any atom is 0.271 e. The van der Waals surface area contributed by atoms with Crippen LogP contribution >= 0.6 is 0 Å². The number of anilines is 1. The van der Waals surface area contributed by atoms with Gasteiger partial charge in [-0.05, 0) is 39.5 Å². The Balaban J connectivity index is 1.40. The summed E-state index contributed by atoms with van der Waals surface area (Å²) in [7, 11) is 0. The number of hydrogen-bond donors (Lipinski definition) is 0. The maximum atomic E-state index is 14.1. The quantitative estimate of drug-likeness (QED) is 0.333. The van der Waals surface area contributed by atoms with E-state index >= 15 is 0 Å². The fourth-order valence-electron chi connectivity index (χ4n) is 7.71. The Bertz CT molecular complexity index is 1630. The lowest BCUT2D eigenvalue weighted by molar-refractivity contribution is -0.251. The minimum absolute atomic E-state index is 0.00859. The zero-order chi connectivity index (χ0) is 25.6. The van der Waals surface area contributed by atoms with Gasteiger partial charge in [0.05, 0.1) is 11.8 Å². The summed E-state index contributed by atoms with van der Waals surface area (Å²) in [6.45, 7) is 1.45. The Morgan fingerprint density at radius 2 is 1.29 bits per heavy atom. The van der Waals surface area contributed by atoms with Crippen molar-refractivity contribution < 1.29 is 14.3 Å². The van der Waals surface area contributed by atoms with E-state index in [-0.39, 0.29) is 35.7 Å². The van der Waals surface area contributed by atoms with Crippen LogP contribution in [0.15, 0.2) is 115 Å². The molecule has 0 radical (unpaired) electrons. The van der Waals surface area contributed by atoms with Crippen molar-refractivity contribution in [2.45, 2.75) is 30.5 Å². The second-order valence-corrected chi connectivity index (χ2v) is 10.7. The number of ether oxygens (including phenoxy) is 1. The Hall–Kier alpha value is -4.28. The number of para-hydroxylation sites is 1. The molecule has 4 nitrogen and oxygen atoms in total. The van der Waals surface area contributed by atoms with Gasteiger partial charge in [0.1, 0.15) is 0 Å². The predicted molar refractivity (Wildman–Crippen MR) is 145 cm³/mol. The molecule has 38 heavy (non-hydrogen) atoms. The summed E-state index contributed by atoms with van der Waals surface area (Å²) in [5, 5.41) is 0. The van der Waals surface area contributed by atoms with Gasteiger partial charge in [0.25, 0.3) is 5.91 Å². The lowest BCUT2D eigenvalue weighted by atomic mass is 9.65. The molecule has 4 aromatic rings. The van der Waals surface area contributed by atoms with E-state index in [0.717, 1.165) is 16.7 Å². The average molecular weight is 496 g/mol. The fourth-order valence-corrected chi connectivity index (χ4v) is 7.71. The topological polar surface area (TPSA) is 46.6 Å². The van der Waals surface area contributed by atoms with E-state index in [2.05, 4.69) is 72.8 Å². The molecule has 2 heterocycles. The second kappa shape index (κ2) is 7.62. The van der Waals surface area contributed by atoms with Crippen molar-refractivity contribution in [2.24, 2.45) is 5.92 Å². The van der Waals surface area contributed by atoms with Gasteiger partial charge in [0, 0.05) is 30.2 Å². The van der Waals surface area contributed by atoms with Crippen LogP contribution in [0.5, 0.6) is 0 Å². The summed E-state index contributed by atoms with van der Waals surface area (Å²) in [5.74, 6) is -0.557. The van der Waals surface area contributed by atoms with Gasteiger partial charge >= 0.3 is 0 Å². The van der Waals surface area contributed by atoms with E-state index in [1.165, 1.54) is 34.1 Å². The molecule has 1 spiro atoms. The minimum Gasteiger partial charge on any atom is -0.355 e. The summed E-state index contributed by atoms with van der Waals surface area (Å²) in [4.78, 5) is 28.1. The number of benzene rings is 4. The normalized spacial score (nSPS) is 27.7. The van der Waals surface area contributed by atoms with Crippen molar-refractivity contribution in [1.29, 1.82) is 0 Å². The van der Waals surface area contributed by atoms with E-state index in [0.29, 0.717) is 5.69 Å². The Morgan fingerprint density at radius 1 is 0.737 bits per heavy atom. The first kappa shape index (κ1) is 21.8. The number of carbonyl (C=O) groups is 2. The largest absolute Gasteiger partial charge is 0.355 e. The first-order valence-electron chi connectivity index (χ1n) is 13.2. The monoisotopic (exact) mass is 495 g/mol. The highest BCUT2D eigenvalue weighted by atomic mass is 16.5. The van der Waals surface area contributed by atoms with E-state index < -0.39 is 5.60 Å². The van der Waals surface area contributed by atoms with Crippen molar-refractivity contribution in [3.63, 3.8) is 0 Å². The number of hydrogen-bond acceptors (Lipinski definition) is 3. The van der Waals surface area contributed by atoms with Crippen molar-refractivity contribution in [3.8, 4) is 0 Å². The van der Waals surface area contributed by atoms with Gasteiger partial charge in [-0.1, -0.05) is 103 Å². The molecule has 1 saturated carbocycles. The third kappa shape index (κ3) is 2.53. The maximum absolute atomic E-state index is 14.1. The first-order valence-corrected chi connectivity index (χ1v) is 13.2. The summed E-state index contributed by atoms with van der Waals surface area (Å²) in [6.07, 6.45) is -0.128. The van der Waals surface area contributed by atoms with Crippen LogP contribution in [0.4, 0.5) is 5.69 Å². The fraction of sp³-hybridized carbons (Fsp3) is 0.176. The standard InChI is InChI=1S/C34H25NO3/c1-20(36)35-26-19-11-10-18-25(26)34(33(35)37)31-28-23-16-8-9-17-24(23)29(32(31)38-34)30(28)27(21-12-4-2-5-13-21)22-14-6-3-7-15-22/h2-19,28-29,31-32H,1H3/t28-,29+,31+,32-,34+/m1/s1. The Kier molecular flexibility index (Phi) is 4.37. The molecule has 2 aliphatic heterocycles. The minimum atomic E-state index is -1.15. The van der Waals surface area contributed by atoms with Crippen molar-refractivity contribution >= 4 is 23.1 Å². The molecule has 0 N–H and O–H groups in total. The Labute approximate surface area is 221 Å². The highest BCUT2D eigenvalue weighted by Gasteiger charge is 2.76. The van der Waals surface area contributed by atoms with Crippen LogP contribution in [-0.2, 0) is 19.9 Å². The molecule has 0 unspecified atom stereocenters. The van der Waals surface area contributed by atoms with Crippen LogP contribution in [0.25, 0.3) is 5.57 Å². The molecule has 8 rings (SSSR count). The van der Waals surface area contributed by atoms with Crippen molar-refractivity contribution in [2.75, 3.05) is 4.90 Å². The molecule has 4 aromatic carbocycles. The van der Waals surface area contributed by atoms with Gasteiger partial charge in [-0.2, -0.15) is 0 Å². The molecule has 4 heteroatoms. The third-order valence-electron chi connectivity index (χ3n) is 8.96. The predicted octanol–water partition coefficient (Wildman–Crippen LogP) is 6.19. The molecule has 1 saturated heterocycles. The number of fused-ring (bicyclic) bond motifs is 11. The number of nitrogens with zero attached hydrogens (tertiary/aromatic N) is 1. The van der Waals surface area contributed by atoms with E-state index in [1.807, 2.05) is 36.4 Å². The number of rotatable bonds is 2. The molecule has 2 bridgehead atoms. The van der Waals surface area contributed by atoms with E-state index in [9.17, 15) is 9.59 Å². The summed E-state index contributed by atoms with van der Waals surface area (Å²) in [6, 6.07) is 37.3. The van der Waals surface area contributed by atoms with Gasteiger partial charge in [0.15, 0.2) is 5.60 Å². The van der Waals surface area contributed by atoms with Crippen LogP contribution in [-0.4, -0.2) is 17.9 Å². The molecule has 0 aromatic heterocycles. The lowest BCUT2D eigenvalue weighted by Gasteiger charge is -2.53. The zero-order valence-electron chi connectivity index (χ0n) is 20.9. The SMILES string of the molecule is CC(=O)N1C(=O)[C@]2(O[C@H]3[C@@H]2[C@H]2C(=C(c4ccccc4)c4ccccc4)[C@@H]3c3ccccc32)c2ccccc21. The van der Waals surface area contributed by atoms with Gasteiger partial charge < -0.3 is 4.74 Å². The lowest BCUT2D eigenvalue weighted by Crippen LogP contribution is -2.64. The molecule has 5 atom stereocenters. The average Bonchev–Trinajstić information content (AvgIpc) is 3.49. The molecule has 2 aliphatic carbocycles. The Morgan fingerprint density at radius 3 is 1.92 bits per heavy atom. The van der Waals surface area contributed by atoms with Crippen molar-refractivity contribution in [1.82, 2.24) is 0 Å². The summed E-state index contributed by atoms with van der Waals surface area (Å²) in [5.41, 5.74) is 7.73. The van der Waals surface area contributed by atoms with Crippen LogP contribution in [0.1, 0.15) is 46.6 Å². The smallest absolute Gasteiger partial charge is 0.271 e. The number of carbonyl (C=O) groups excluding carboxylic acids is 2. The van der Waals surface area contributed by atoms with Gasteiger partial charge in [0.2, 0.25) is 5.91 Å². The number of imide groups is 1.